The van der Waals surface area contributed by atoms with Crippen LogP contribution in [0.1, 0.15) is 23.2 Å². The van der Waals surface area contributed by atoms with Gasteiger partial charge in [0.1, 0.15) is 10.7 Å². The number of carbonyl (C=O) groups is 1. The minimum absolute atomic E-state index is 0.0621. The third-order valence-corrected chi connectivity index (χ3v) is 7.57. The van der Waals surface area contributed by atoms with Crippen molar-refractivity contribution < 1.29 is 27.3 Å². The number of benzene rings is 2. The molecule has 2 fully saturated rings. The number of nitrogens with one attached hydrogen (secondary N) is 1. The molecule has 0 atom stereocenters. The van der Waals surface area contributed by atoms with Crippen LogP contribution in [0.15, 0.2) is 41.3 Å². The maximum absolute atomic E-state index is 14.5. The number of amides is 1. The fourth-order valence-electron chi connectivity index (χ4n) is 3.96. The number of hydrogen-bond donors (Lipinski definition) is 1. The van der Waals surface area contributed by atoms with Gasteiger partial charge in [0.25, 0.3) is 11.6 Å². The van der Waals surface area contributed by atoms with Crippen LogP contribution in [-0.4, -0.2) is 62.9 Å². The zero-order chi connectivity index (χ0) is 23.6. The Labute approximate surface area is 190 Å². The van der Waals surface area contributed by atoms with Crippen LogP contribution in [0.4, 0.5) is 21.5 Å². The van der Waals surface area contributed by atoms with Crippen molar-refractivity contribution in [1.82, 2.24) is 4.31 Å². The zero-order valence-corrected chi connectivity index (χ0v) is 18.5. The van der Waals surface area contributed by atoms with E-state index < -0.39 is 31.6 Å². The van der Waals surface area contributed by atoms with E-state index in [1.165, 1.54) is 24.3 Å². The van der Waals surface area contributed by atoms with Gasteiger partial charge in [-0.25, -0.2) is 12.8 Å². The molecule has 2 aromatic rings. The van der Waals surface area contributed by atoms with E-state index in [4.69, 9.17) is 4.74 Å². The van der Waals surface area contributed by atoms with Crippen molar-refractivity contribution in [3.8, 4) is 0 Å². The quantitative estimate of drug-likeness (QED) is 0.500. The molecule has 0 unspecified atom stereocenters. The predicted octanol–water partition coefficient (Wildman–Crippen LogP) is 2.61. The van der Waals surface area contributed by atoms with Gasteiger partial charge in [0.05, 0.1) is 29.4 Å². The van der Waals surface area contributed by atoms with E-state index >= 15 is 0 Å². The standard InChI is InChI=1S/C21H23FN4O6S/c22-18-5-3-15(13-20(18)33(30,31)25-9-11-32-12-10-25)23-21(27)17-14-16(26(28)29)4-6-19(17)24-7-1-2-8-24/h3-6,13-14H,1-2,7-12H2,(H,23,27). The van der Waals surface area contributed by atoms with Gasteiger partial charge in [-0.15, -0.1) is 0 Å². The van der Waals surface area contributed by atoms with Crippen LogP contribution >= 0.6 is 0 Å². The Morgan fingerprint density at radius 1 is 1.06 bits per heavy atom. The van der Waals surface area contributed by atoms with Crippen molar-refractivity contribution in [2.75, 3.05) is 49.6 Å². The molecule has 4 rings (SSSR count). The second-order valence-electron chi connectivity index (χ2n) is 7.77. The molecule has 2 aromatic carbocycles. The SMILES string of the molecule is O=C(Nc1ccc(F)c(S(=O)(=O)N2CCOCC2)c1)c1cc([N+](=O)[O-])ccc1N1CCCC1. The third kappa shape index (κ3) is 4.82. The summed E-state index contributed by atoms with van der Waals surface area (Å²) in [6, 6.07) is 7.35. The van der Waals surface area contributed by atoms with Gasteiger partial charge >= 0.3 is 0 Å². The topological polar surface area (TPSA) is 122 Å². The molecule has 176 valence electrons. The van der Waals surface area contributed by atoms with Crippen LogP contribution < -0.4 is 10.2 Å². The lowest BCUT2D eigenvalue weighted by Crippen LogP contribution is -2.40. The first-order valence-corrected chi connectivity index (χ1v) is 11.9. The van der Waals surface area contributed by atoms with Gasteiger partial charge in [0.15, 0.2) is 0 Å². The summed E-state index contributed by atoms with van der Waals surface area (Å²) in [6.07, 6.45) is 1.89. The Bertz CT molecular complexity index is 1180. The second kappa shape index (κ2) is 9.41. The zero-order valence-electron chi connectivity index (χ0n) is 17.7. The molecule has 2 saturated heterocycles. The molecule has 2 heterocycles. The summed E-state index contributed by atoms with van der Waals surface area (Å²) in [4.78, 5) is 25.2. The highest BCUT2D eigenvalue weighted by Crippen LogP contribution is 2.30. The van der Waals surface area contributed by atoms with Gasteiger partial charge in [-0.2, -0.15) is 4.31 Å². The van der Waals surface area contributed by atoms with Crippen LogP contribution in [0.3, 0.4) is 0 Å². The summed E-state index contributed by atoms with van der Waals surface area (Å²) >= 11 is 0. The van der Waals surface area contributed by atoms with Crippen molar-refractivity contribution >= 4 is 33.0 Å². The van der Waals surface area contributed by atoms with E-state index in [-0.39, 0.29) is 43.2 Å². The monoisotopic (exact) mass is 478 g/mol. The number of anilines is 2. The number of sulfonamides is 1. The van der Waals surface area contributed by atoms with E-state index in [2.05, 4.69) is 5.32 Å². The highest BCUT2D eigenvalue weighted by molar-refractivity contribution is 7.89. The minimum Gasteiger partial charge on any atom is -0.379 e. The van der Waals surface area contributed by atoms with Crippen LogP contribution in [0.2, 0.25) is 0 Å². The Balaban J connectivity index is 1.64. The van der Waals surface area contributed by atoms with Crippen molar-refractivity contribution in [2.45, 2.75) is 17.7 Å². The van der Waals surface area contributed by atoms with Gasteiger partial charge in [0, 0.05) is 44.0 Å². The number of carbonyl (C=O) groups excluding carboxylic acids is 1. The maximum atomic E-state index is 14.5. The molecular formula is C21H23FN4O6S. The number of rotatable bonds is 6. The number of nitro groups is 1. The number of non-ortho nitro benzene ring substituents is 1. The number of hydrogen-bond acceptors (Lipinski definition) is 7. The van der Waals surface area contributed by atoms with Gasteiger partial charge in [-0.05, 0) is 37.1 Å². The van der Waals surface area contributed by atoms with Gasteiger partial charge in [-0.1, -0.05) is 0 Å². The maximum Gasteiger partial charge on any atom is 0.270 e. The number of nitrogens with zero attached hydrogens (tertiary/aromatic N) is 3. The van der Waals surface area contributed by atoms with Crippen molar-refractivity contribution in [1.29, 1.82) is 0 Å². The fraction of sp³-hybridized carbons (Fsp3) is 0.381. The van der Waals surface area contributed by atoms with Crippen molar-refractivity contribution in [2.24, 2.45) is 0 Å². The summed E-state index contributed by atoms with van der Waals surface area (Å²) in [5.74, 6) is -1.59. The normalized spacial score (nSPS) is 17.2. The molecule has 1 N–H and O–H groups in total. The molecule has 12 heteroatoms. The largest absolute Gasteiger partial charge is 0.379 e. The molecule has 0 bridgehead atoms. The number of nitro benzene ring substituents is 1. The van der Waals surface area contributed by atoms with Crippen LogP contribution in [0, 0.1) is 15.9 Å². The Kier molecular flexibility index (Phi) is 6.58. The molecule has 0 radical (unpaired) electrons. The first kappa shape index (κ1) is 23.1. The molecule has 10 nitrogen and oxygen atoms in total. The second-order valence-corrected chi connectivity index (χ2v) is 9.67. The lowest BCUT2D eigenvalue weighted by molar-refractivity contribution is -0.384. The Morgan fingerprint density at radius 3 is 2.42 bits per heavy atom. The highest BCUT2D eigenvalue weighted by atomic mass is 32.2. The Hall–Kier alpha value is -3.09. The summed E-state index contributed by atoms with van der Waals surface area (Å²) in [7, 11) is -4.13. The van der Waals surface area contributed by atoms with E-state index in [0.717, 1.165) is 42.4 Å². The van der Waals surface area contributed by atoms with Crippen molar-refractivity contribution in [3.05, 3.63) is 57.9 Å². The summed E-state index contributed by atoms with van der Waals surface area (Å²) in [6.45, 7) is 2.07. The molecule has 0 aromatic heterocycles. The minimum atomic E-state index is -4.13. The van der Waals surface area contributed by atoms with E-state index in [1.54, 1.807) is 0 Å². The molecule has 2 aliphatic heterocycles. The molecule has 1 amide bonds. The first-order chi connectivity index (χ1) is 15.8. The fourth-order valence-corrected chi connectivity index (χ4v) is 5.45. The summed E-state index contributed by atoms with van der Waals surface area (Å²) in [5.41, 5.74) is 0.469. The van der Waals surface area contributed by atoms with Gasteiger partial charge in [-0.3, -0.25) is 14.9 Å². The molecular weight excluding hydrogens is 455 g/mol. The number of halogens is 1. The molecule has 0 saturated carbocycles. The van der Waals surface area contributed by atoms with Crippen molar-refractivity contribution in [3.63, 3.8) is 0 Å². The smallest absolute Gasteiger partial charge is 0.270 e. The molecule has 33 heavy (non-hydrogen) atoms. The third-order valence-electron chi connectivity index (χ3n) is 5.66. The molecule has 2 aliphatic rings. The van der Waals surface area contributed by atoms with E-state index in [1.807, 2.05) is 4.90 Å². The van der Waals surface area contributed by atoms with Gasteiger partial charge in [0.2, 0.25) is 10.0 Å². The summed E-state index contributed by atoms with van der Waals surface area (Å²) < 4.78 is 46.5. The van der Waals surface area contributed by atoms with E-state index in [9.17, 15) is 27.7 Å². The highest BCUT2D eigenvalue weighted by Gasteiger charge is 2.30. The average Bonchev–Trinajstić information content (AvgIpc) is 3.35. The summed E-state index contributed by atoms with van der Waals surface area (Å²) in [5, 5.41) is 13.8. The predicted molar refractivity (Wildman–Crippen MR) is 118 cm³/mol. The lowest BCUT2D eigenvalue weighted by atomic mass is 10.1. The number of morpholine rings is 1. The number of ether oxygens (including phenoxy) is 1. The van der Waals surface area contributed by atoms with Crippen LogP contribution in [0.5, 0.6) is 0 Å². The molecule has 0 spiro atoms. The molecule has 0 aliphatic carbocycles. The van der Waals surface area contributed by atoms with Gasteiger partial charge < -0.3 is 15.0 Å². The first-order valence-electron chi connectivity index (χ1n) is 10.5. The van der Waals surface area contributed by atoms with Crippen LogP contribution in [-0.2, 0) is 14.8 Å². The van der Waals surface area contributed by atoms with E-state index in [0.29, 0.717) is 5.69 Å². The van der Waals surface area contributed by atoms with Crippen LogP contribution in [0.25, 0.3) is 0 Å². The lowest BCUT2D eigenvalue weighted by Gasteiger charge is -2.26. The average molecular weight is 479 g/mol. The Morgan fingerprint density at radius 2 is 1.76 bits per heavy atom.